The molecule has 2 N–H and O–H groups in total. The van der Waals surface area contributed by atoms with Crippen LogP contribution in [0.4, 0.5) is 0 Å². The van der Waals surface area contributed by atoms with Crippen LogP contribution in [0.25, 0.3) is 0 Å². The molecular formula is C13H20N2O2S. The number of amides is 1. The van der Waals surface area contributed by atoms with Crippen molar-refractivity contribution in [3.63, 3.8) is 0 Å². The minimum absolute atomic E-state index is 0.00886. The highest BCUT2D eigenvalue weighted by atomic mass is 32.1. The Kier molecular flexibility index (Phi) is 4.37. The molecule has 0 aliphatic carbocycles. The smallest absolute Gasteiger partial charge is 0.264 e. The van der Waals surface area contributed by atoms with E-state index in [-0.39, 0.29) is 18.6 Å². The highest BCUT2D eigenvalue weighted by Crippen LogP contribution is 2.18. The van der Waals surface area contributed by atoms with Crippen molar-refractivity contribution in [3.05, 3.63) is 22.4 Å². The number of carbonyl (C=O) groups excluding carboxylic acids is 1. The van der Waals surface area contributed by atoms with Crippen LogP contribution in [0.15, 0.2) is 17.5 Å². The van der Waals surface area contributed by atoms with Crippen molar-refractivity contribution in [2.75, 3.05) is 19.7 Å². The van der Waals surface area contributed by atoms with Crippen LogP contribution in [0.5, 0.6) is 0 Å². The van der Waals surface area contributed by atoms with Gasteiger partial charge in [-0.1, -0.05) is 19.9 Å². The molecule has 0 bridgehead atoms. The fourth-order valence-corrected chi connectivity index (χ4v) is 2.90. The maximum absolute atomic E-state index is 12.4. The van der Waals surface area contributed by atoms with Gasteiger partial charge >= 0.3 is 0 Å². The lowest BCUT2D eigenvalue weighted by Gasteiger charge is -2.41. The lowest BCUT2D eigenvalue weighted by atomic mass is 9.99. The second-order valence-corrected chi connectivity index (χ2v) is 5.98. The van der Waals surface area contributed by atoms with Crippen molar-refractivity contribution < 1.29 is 9.90 Å². The van der Waals surface area contributed by atoms with Gasteiger partial charge in [0.1, 0.15) is 0 Å². The number of rotatable bonds is 3. The number of thiophene rings is 1. The van der Waals surface area contributed by atoms with Crippen molar-refractivity contribution in [3.8, 4) is 0 Å². The zero-order chi connectivity index (χ0) is 13.1. The number of aliphatic hydroxyl groups is 1. The Bertz CT molecular complexity index is 392. The molecule has 1 amide bonds. The Morgan fingerprint density at radius 1 is 1.67 bits per heavy atom. The first kappa shape index (κ1) is 13.5. The largest absolute Gasteiger partial charge is 0.394 e. The van der Waals surface area contributed by atoms with Crippen LogP contribution < -0.4 is 5.32 Å². The summed E-state index contributed by atoms with van der Waals surface area (Å²) in [6.45, 7) is 5.63. The predicted octanol–water partition coefficient (Wildman–Crippen LogP) is 1.18. The third-order valence-corrected chi connectivity index (χ3v) is 4.32. The second-order valence-electron chi connectivity index (χ2n) is 5.03. The van der Waals surface area contributed by atoms with E-state index in [9.17, 15) is 9.90 Å². The van der Waals surface area contributed by atoms with E-state index >= 15 is 0 Å². The molecule has 2 unspecified atom stereocenters. The lowest BCUT2D eigenvalue weighted by molar-refractivity contribution is 0.0439. The van der Waals surface area contributed by atoms with Gasteiger partial charge in [-0.3, -0.25) is 4.79 Å². The van der Waals surface area contributed by atoms with Gasteiger partial charge in [-0.15, -0.1) is 11.3 Å². The van der Waals surface area contributed by atoms with E-state index in [0.29, 0.717) is 25.0 Å². The topological polar surface area (TPSA) is 52.6 Å². The summed E-state index contributed by atoms with van der Waals surface area (Å²) >= 11 is 1.45. The van der Waals surface area contributed by atoms with Gasteiger partial charge < -0.3 is 15.3 Å². The fourth-order valence-electron chi connectivity index (χ4n) is 2.22. The third-order valence-electron chi connectivity index (χ3n) is 3.46. The summed E-state index contributed by atoms with van der Waals surface area (Å²) in [5, 5.41) is 14.7. The molecule has 1 aromatic rings. The standard InChI is InChI=1S/C13H20N2O2S/c1-9(2)11-7-15(10(8-16)6-14-11)13(17)12-4-3-5-18-12/h3-5,9-11,14,16H,6-8H2,1-2H3. The summed E-state index contributed by atoms with van der Waals surface area (Å²) in [4.78, 5) is 15.0. The molecular weight excluding hydrogens is 248 g/mol. The second kappa shape index (κ2) is 5.82. The summed E-state index contributed by atoms with van der Waals surface area (Å²) in [7, 11) is 0. The lowest BCUT2D eigenvalue weighted by Crippen LogP contribution is -2.60. The van der Waals surface area contributed by atoms with E-state index in [0.717, 1.165) is 4.88 Å². The van der Waals surface area contributed by atoms with E-state index in [1.165, 1.54) is 11.3 Å². The SMILES string of the molecule is CC(C)C1CN(C(=O)c2cccs2)C(CO)CN1. The van der Waals surface area contributed by atoms with E-state index in [4.69, 9.17) is 0 Å². The van der Waals surface area contributed by atoms with Crippen molar-refractivity contribution in [2.45, 2.75) is 25.9 Å². The normalized spacial score (nSPS) is 24.6. The number of hydrogen-bond acceptors (Lipinski definition) is 4. The average Bonchev–Trinajstić information content (AvgIpc) is 2.90. The maximum Gasteiger partial charge on any atom is 0.264 e. The van der Waals surface area contributed by atoms with E-state index in [2.05, 4.69) is 19.2 Å². The van der Waals surface area contributed by atoms with E-state index in [1.807, 2.05) is 22.4 Å². The predicted molar refractivity (Wildman–Crippen MR) is 72.9 cm³/mol. The Hall–Kier alpha value is -0.910. The van der Waals surface area contributed by atoms with Crippen LogP contribution in [0, 0.1) is 5.92 Å². The molecule has 1 aromatic heterocycles. The highest BCUT2D eigenvalue weighted by Gasteiger charge is 2.32. The number of piperazine rings is 1. The molecule has 0 spiro atoms. The fraction of sp³-hybridized carbons (Fsp3) is 0.615. The van der Waals surface area contributed by atoms with Gasteiger partial charge in [0.25, 0.3) is 5.91 Å². The van der Waals surface area contributed by atoms with E-state index < -0.39 is 0 Å². The monoisotopic (exact) mass is 268 g/mol. The van der Waals surface area contributed by atoms with Gasteiger partial charge in [0.05, 0.1) is 17.5 Å². The van der Waals surface area contributed by atoms with Crippen molar-refractivity contribution in [1.82, 2.24) is 10.2 Å². The molecule has 5 heteroatoms. The van der Waals surface area contributed by atoms with Gasteiger partial charge in [-0.25, -0.2) is 0 Å². The number of carbonyl (C=O) groups is 1. The van der Waals surface area contributed by atoms with Gasteiger partial charge in [-0.2, -0.15) is 0 Å². The molecule has 1 aliphatic rings. The maximum atomic E-state index is 12.4. The minimum atomic E-state index is -0.116. The third kappa shape index (κ3) is 2.74. The van der Waals surface area contributed by atoms with Crippen LogP contribution in [0.1, 0.15) is 23.5 Å². The molecule has 0 aromatic carbocycles. The van der Waals surface area contributed by atoms with Crippen LogP contribution >= 0.6 is 11.3 Å². The molecule has 1 aliphatic heterocycles. The van der Waals surface area contributed by atoms with E-state index in [1.54, 1.807) is 0 Å². The molecule has 2 atom stereocenters. The summed E-state index contributed by atoms with van der Waals surface area (Å²) in [5.41, 5.74) is 0. The summed E-state index contributed by atoms with van der Waals surface area (Å²) < 4.78 is 0. The number of nitrogens with zero attached hydrogens (tertiary/aromatic N) is 1. The molecule has 100 valence electrons. The highest BCUT2D eigenvalue weighted by molar-refractivity contribution is 7.12. The molecule has 1 saturated heterocycles. The van der Waals surface area contributed by atoms with Crippen LogP contribution in [0.2, 0.25) is 0 Å². The van der Waals surface area contributed by atoms with Gasteiger partial charge in [0.15, 0.2) is 0 Å². The quantitative estimate of drug-likeness (QED) is 0.865. The number of nitrogens with one attached hydrogen (secondary N) is 1. The zero-order valence-electron chi connectivity index (χ0n) is 10.8. The summed E-state index contributed by atoms with van der Waals surface area (Å²) in [6.07, 6.45) is 0. The Morgan fingerprint density at radius 2 is 2.44 bits per heavy atom. The van der Waals surface area contributed by atoms with Gasteiger partial charge in [-0.05, 0) is 17.4 Å². The first-order chi connectivity index (χ1) is 8.63. The summed E-state index contributed by atoms with van der Waals surface area (Å²) in [6, 6.07) is 3.91. The molecule has 18 heavy (non-hydrogen) atoms. The van der Waals surface area contributed by atoms with Gasteiger partial charge in [0.2, 0.25) is 0 Å². The summed E-state index contributed by atoms with van der Waals surface area (Å²) in [5.74, 6) is 0.513. The number of aliphatic hydroxyl groups excluding tert-OH is 1. The molecule has 1 fully saturated rings. The number of hydrogen-bond donors (Lipinski definition) is 2. The molecule has 0 radical (unpaired) electrons. The van der Waals surface area contributed by atoms with Crippen LogP contribution in [-0.2, 0) is 0 Å². The average molecular weight is 268 g/mol. The first-order valence-electron chi connectivity index (χ1n) is 6.32. The zero-order valence-corrected chi connectivity index (χ0v) is 11.6. The Morgan fingerprint density at radius 3 is 3.00 bits per heavy atom. The van der Waals surface area contributed by atoms with Gasteiger partial charge in [0, 0.05) is 19.1 Å². The minimum Gasteiger partial charge on any atom is -0.394 e. The molecule has 2 rings (SSSR count). The molecule has 2 heterocycles. The molecule has 0 saturated carbocycles. The van der Waals surface area contributed by atoms with Crippen molar-refractivity contribution in [2.24, 2.45) is 5.92 Å². The van der Waals surface area contributed by atoms with Crippen LogP contribution in [0.3, 0.4) is 0 Å². The van der Waals surface area contributed by atoms with Crippen molar-refractivity contribution >= 4 is 17.2 Å². The Balaban J connectivity index is 2.13. The molecule has 4 nitrogen and oxygen atoms in total. The first-order valence-corrected chi connectivity index (χ1v) is 7.20. The van der Waals surface area contributed by atoms with Crippen LogP contribution in [-0.4, -0.2) is 47.7 Å². The van der Waals surface area contributed by atoms with Crippen molar-refractivity contribution in [1.29, 1.82) is 0 Å². The Labute approximate surface area is 112 Å².